The zero-order valence-corrected chi connectivity index (χ0v) is 6.94. The number of ether oxygens (including phenoxy) is 1. The summed E-state index contributed by atoms with van der Waals surface area (Å²) in [6, 6.07) is 0. The Morgan fingerprint density at radius 1 is 1.55 bits per heavy atom. The maximum atomic E-state index is 12.4. The molecule has 0 saturated heterocycles. The van der Waals surface area contributed by atoms with Crippen LogP contribution in [0.4, 0.5) is 8.78 Å². The lowest BCUT2D eigenvalue weighted by Gasteiger charge is -2.17. The van der Waals surface area contributed by atoms with Gasteiger partial charge in [0.1, 0.15) is 6.61 Å². The fourth-order valence-electron chi connectivity index (χ4n) is 0.441. The van der Waals surface area contributed by atoms with Crippen molar-refractivity contribution < 1.29 is 13.5 Å². The average Bonchev–Trinajstić information content (AvgIpc) is 2.00. The summed E-state index contributed by atoms with van der Waals surface area (Å²) in [5.74, 6) is -2.87. The van der Waals surface area contributed by atoms with Crippen LogP contribution in [0.3, 0.4) is 0 Å². The second-order valence-electron chi connectivity index (χ2n) is 2.59. The first-order valence-electron chi connectivity index (χ1n) is 3.71. The third-order valence-electron chi connectivity index (χ3n) is 1.45. The number of alkyl halides is 2. The fourth-order valence-corrected chi connectivity index (χ4v) is 0.441. The summed E-state index contributed by atoms with van der Waals surface area (Å²) in [7, 11) is 0. The molecule has 0 aromatic rings. The molecule has 0 rings (SSSR count). The third-order valence-corrected chi connectivity index (χ3v) is 1.45. The van der Waals surface area contributed by atoms with Crippen LogP contribution < -0.4 is 5.73 Å². The quantitative estimate of drug-likeness (QED) is 0.671. The van der Waals surface area contributed by atoms with Crippen molar-refractivity contribution in [2.45, 2.75) is 32.3 Å². The van der Waals surface area contributed by atoms with Crippen molar-refractivity contribution in [3.8, 4) is 0 Å². The molecule has 1 atom stereocenters. The van der Waals surface area contributed by atoms with Crippen molar-refractivity contribution in [2.75, 3.05) is 13.2 Å². The van der Waals surface area contributed by atoms with Gasteiger partial charge in [-0.05, 0) is 13.3 Å². The maximum absolute atomic E-state index is 12.4. The molecule has 0 aliphatic heterocycles. The molecule has 0 aliphatic rings. The largest absolute Gasteiger partial charge is 0.372 e. The van der Waals surface area contributed by atoms with E-state index < -0.39 is 19.1 Å². The van der Waals surface area contributed by atoms with Crippen LogP contribution in [0.5, 0.6) is 0 Å². The van der Waals surface area contributed by atoms with Gasteiger partial charge in [0.2, 0.25) is 0 Å². The Kier molecular flexibility index (Phi) is 4.52. The molecule has 0 aromatic carbocycles. The molecule has 68 valence electrons. The first-order valence-corrected chi connectivity index (χ1v) is 3.71. The first kappa shape index (κ1) is 10.8. The van der Waals surface area contributed by atoms with E-state index in [1.165, 1.54) is 0 Å². The Balaban J connectivity index is 3.52. The van der Waals surface area contributed by atoms with Crippen molar-refractivity contribution in [3.63, 3.8) is 0 Å². The van der Waals surface area contributed by atoms with E-state index in [-0.39, 0.29) is 6.10 Å². The molecule has 2 nitrogen and oxygen atoms in total. The van der Waals surface area contributed by atoms with E-state index in [9.17, 15) is 8.78 Å². The van der Waals surface area contributed by atoms with Crippen molar-refractivity contribution in [3.05, 3.63) is 0 Å². The van der Waals surface area contributed by atoms with Crippen LogP contribution in [0.1, 0.15) is 20.3 Å². The molecule has 0 aliphatic carbocycles. The maximum Gasteiger partial charge on any atom is 0.282 e. The topological polar surface area (TPSA) is 35.2 Å². The Morgan fingerprint density at radius 2 is 2.09 bits per heavy atom. The minimum Gasteiger partial charge on any atom is -0.372 e. The van der Waals surface area contributed by atoms with Crippen molar-refractivity contribution in [2.24, 2.45) is 5.73 Å². The van der Waals surface area contributed by atoms with Crippen molar-refractivity contribution in [1.82, 2.24) is 0 Å². The molecule has 0 bridgehead atoms. The normalized spacial score (nSPS) is 15.0. The van der Waals surface area contributed by atoms with Gasteiger partial charge in [-0.25, -0.2) is 8.78 Å². The fraction of sp³-hybridized carbons (Fsp3) is 1.00. The van der Waals surface area contributed by atoms with E-state index in [2.05, 4.69) is 0 Å². The van der Waals surface area contributed by atoms with E-state index in [1.54, 1.807) is 6.92 Å². The Morgan fingerprint density at radius 3 is 2.45 bits per heavy atom. The van der Waals surface area contributed by atoms with Gasteiger partial charge in [-0.1, -0.05) is 6.92 Å². The summed E-state index contributed by atoms with van der Waals surface area (Å²) in [6.45, 7) is 2.42. The summed E-state index contributed by atoms with van der Waals surface area (Å²) in [5, 5.41) is 0. The van der Waals surface area contributed by atoms with Crippen LogP contribution in [0.25, 0.3) is 0 Å². The summed E-state index contributed by atoms with van der Waals surface area (Å²) >= 11 is 0. The van der Waals surface area contributed by atoms with Gasteiger partial charge in [0.25, 0.3) is 5.92 Å². The van der Waals surface area contributed by atoms with Gasteiger partial charge >= 0.3 is 0 Å². The number of rotatable bonds is 5. The predicted octanol–water partition coefficient (Wildman–Crippen LogP) is 1.40. The lowest BCUT2D eigenvalue weighted by molar-refractivity contribution is -0.0894. The Bertz CT molecular complexity index is 109. The van der Waals surface area contributed by atoms with E-state index in [4.69, 9.17) is 10.5 Å². The first-order chi connectivity index (χ1) is 5.02. The molecular weight excluding hydrogens is 152 g/mol. The minimum atomic E-state index is -2.87. The third kappa shape index (κ3) is 5.09. The van der Waals surface area contributed by atoms with Crippen molar-refractivity contribution in [1.29, 1.82) is 0 Å². The van der Waals surface area contributed by atoms with Crippen LogP contribution >= 0.6 is 0 Å². The zero-order chi connectivity index (χ0) is 8.91. The van der Waals surface area contributed by atoms with Gasteiger partial charge in [-0.15, -0.1) is 0 Å². The van der Waals surface area contributed by atoms with Gasteiger partial charge in [0.05, 0.1) is 12.6 Å². The molecule has 0 heterocycles. The van der Waals surface area contributed by atoms with Crippen molar-refractivity contribution >= 4 is 0 Å². The molecule has 0 spiro atoms. The number of hydrogen-bond donors (Lipinski definition) is 1. The molecule has 0 saturated carbocycles. The zero-order valence-electron chi connectivity index (χ0n) is 6.94. The van der Waals surface area contributed by atoms with Crippen LogP contribution in [0, 0.1) is 0 Å². The molecule has 0 radical (unpaired) electrons. The van der Waals surface area contributed by atoms with E-state index >= 15 is 0 Å². The van der Waals surface area contributed by atoms with Gasteiger partial charge in [-0.3, -0.25) is 0 Å². The number of hydrogen-bond acceptors (Lipinski definition) is 2. The molecular formula is C7H15F2NO. The number of halogens is 2. The van der Waals surface area contributed by atoms with Gasteiger partial charge in [-0.2, -0.15) is 0 Å². The minimum absolute atomic E-state index is 0.118. The highest BCUT2D eigenvalue weighted by Crippen LogP contribution is 2.12. The Hall–Kier alpha value is -0.220. The van der Waals surface area contributed by atoms with E-state index in [0.29, 0.717) is 0 Å². The van der Waals surface area contributed by atoms with E-state index in [0.717, 1.165) is 6.42 Å². The summed E-state index contributed by atoms with van der Waals surface area (Å²) < 4.78 is 29.6. The van der Waals surface area contributed by atoms with E-state index in [1.807, 2.05) is 6.92 Å². The molecule has 2 N–H and O–H groups in total. The average molecular weight is 167 g/mol. The molecule has 11 heavy (non-hydrogen) atoms. The van der Waals surface area contributed by atoms with Gasteiger partial charge in [0, 0.05) is 0 Å². The lowest BCUT2D eigenvalue weighted by Crippen LogP contribution is -2.34. The molecule has 1 unspecified atom stereocenters. The van der Waals surface area contributed by atoms with Gasteiger partial charge in [0.15, 0.2) is 0 Å². The lowest BCUT2D eigenvalue weighted by atomic mass is 10.3. The highest BCUT2D eigenvalue weighted by Gasteiger charge is 2.27. The predicted molar refractivity (Wildman–Crippen MR) is 39.7 cm³/mol. The molecule has 4 heteroatoms. The van der Waals surface area contributed by atoms with Crippen LogP contribution in [-0.4, -0.2) is 25.2 Å². The highest BCUT2D eigenvalue weighted by atomic mass is 19.3. The molecule has 0 fully saturated rings. The summed E-state index contributed by atoms with van der Waals surface area (Å²) in [4.78, 5) is 0. The summed E-state index contributed by atoms with van der Waals surface area (Å²) in [5.41, 5.74) is 4.80. The van der Waals surface area contributed by atoms with Crippen LogP contribution in [0.15, 0.2) is 0 Å². The smallest absolute Gasteiger partial charge is 0.282 e. The second kappa shape index (κ2) is 4.62. The molecule has 0 amide bonds. The standard InChI is InChI=1S/C7H15F2NO/c1-3-6(2)11-5-7(8,9)4-10/h6H,3-5,10H2,1-2H3. The molecule has 0 aromatic heterocycles. The van der Waals surface area contributed by atoms with Crippen LogP contribution in [-0.2, 0) is 4.74 Å². The monoisotopic (exact) mass is 167 g/mol. The summed E-state index contributed by atoms with van der Waals surface area (Å²) in [6.07, 6.45) is 0.619. The SMILES string of the molecule is CCC(C)OCC(F)(F)CN. The Labute approximate surface area is 65.7 Å². The number of nitrogens with two attached hydrogens (primary N) is 1. The van der Waals surface area contributed by atoms with Gasteiger partial charge < -0.3 is 10.5 Å². The highest BCUT2D eigenvalue weighted by molar-refractivity contribution is 4.65. The second-order valence-corrected chi connectivity index (χ2v) is 2.59. The van der Waals surface area contributed by atoms with Crippen LogP contribution in [0.2, 0.25) is 0 Å².